The van der Waals surface area contributed by atoms with Crippen molar-refractivity contribution in [2.75, 3.05) is 18.4 Å². The molecule has 31 heavy (non-hydrogen) atoms. The maximum atomic E-state index is 13.6. The Labute approximate surface area is 181 Å². The molecule has 1 fully saturated rings. The summed E-state index contributed by atoms with van der Waals surface area (Å²) in [4.78, 5) is 38.0. The minimum Gasteiger partial charge on any atom is -0.382 e. The summed E-state index contributed by atoms with van der Waals surface area (Å²) in [5.41, 5.74) is 5.89. The van der Waals surface area contributed by atoms with Gasteiger partial charge in [0.1, 0.15) is 12.4 Å². The summed E-state index contributed by atoms with van der Waals surface area (Å²) >= 11 is 0. The highest BCUT2D eigenvalue weighted by Crippen LogP contribution is 2.28. The van der Waals surface area contributed by atoms with Gasteiger partial charge in [-0.25, -0.2) is 4.39 Å². The van der Waals surface area contributed by atoms with Gasteiger partial charge >= 0.3 is 0 Å². The fraction of sp³-hybridized carbons (Fsp3) is 0.435. The molecular formula is C23H29FN4O3. The number of halogens is 1. The Kier molecular flexibility index (Phi) is 7.09. The topological polar surface area (TPSA) is 97.4 Å². The zero-order valence-electron chi connectivity index (χ0n) is 17.9. The van der Waals surface area contributed by atoms with E-state index in [0.717, 1.165) is 23.1 Å². The summed E-state index contributed by atoms with van der Waals surface area (Å²) in [5, 5.41) is 3.44. The van der Waals surface area contributed by atoms with Gasteiger partial charge in [0.05, 0.1) is 5.56 Å². The normalized spacial score (nSPS) is 18.8. The molecule has 0 spiro atoms. The first-order chi connectivity index (χ1) is 14.7. The molecule has 2 atom stereocenters. The summed E-state index contributed by atoms with van der Waals surface area (Å²) in [5.74, 6) is -0.486. The predicted molar refractivity (Wildman–Crippen MR) is 117 cm³/mol. The number of rotatable bonds is 7. The number of nitrogens with one attached hydrogen (secondary N) is 1. The van der Waals surface area contributed by atoms with E-state index in [9.17, 15) is 18.8 Å². The Hall–Kier alpha value is -3.16. The number of primary amides is 1. The van der Waals surface area contributed by atoms with E-state index in [-0.39, 0.29) is 35.8 Å². The number of hydrogen-bond acceptors (Lipinski definition) is 4. The number of nitrogens with two attached hydrogens (primary N) is 1. The maximum absolute atomic E-state index is 13.6. The molecule has 3 rings (SSSR count). The lowest BCUT2D eigenvalue weighted by atomic mass is 9.85. The van der Waals surface area contributed by atoms with Crippen LogP contribution in [0, 0.1) is 17.7 Å². The molecule has 7 nitrogen and oxygen atoms in total. The first-order valence-corrected chi connectivity index (χ1v) is 10.5. The van der Waals surface area contributed by atoms with Gasteiger partial charge in [0.2, 0.25) is 5.91 Å². The van der Waals surface area contributed by atoms with Crippen LogP contribution < -0.4 is 16.6 Å². The maximum Gasteiger partial charge on any atom is 0.255 e. The van der Waals surface area contributed by atoms with Crippen molar-refractivity contribution in [2.24, 2.45) is 17.6 Å². The van der Waals surface area contributed by atoms with Crippen LogP contribution in [0.4, 0.5) is 10.1 Å². The van der Waals surface area contributed by atoms with Crippen LogP contribution in [-0.2, 0) is 11.3 Å². The number of piperidine rings is 1. The number of carbonyl (C=O) groups is 2. The van der Waals surface area contributed by atoms with E-state index >= 15 is 0 Å². The minimum absolute atomic E-state index is 0.122. The van der Waals surface area contributed by atoms with Crippen molar-refractivity contribution in [1.82, 2.24) is 9.47 Å². The zero-order chi connectivity index (χ0) is 22.5. The molecule has 1 aliphatic heterocycles. The fourth-order valence-electron chi connectivity index (χ4n) is 4.18. The van der Waals surface area contributed by atoms with E-state index in [4.69, 9.17) is 5.73 Å². The predicted octanol–water partition coefficient (Wildman–Crippen LogP) is 2.46. The Morgan fingerprint density at radius 2 is 2.03 bits per heavy atom. The number of amides is 2. The summed E-state index contributed by atoms with van der Waals surface area (Å²) in [6.45, 7) is 5.10. The summed E-state index contributed by atoms with van der Waals surface area (Å²) in [6, 6.07) is 9.29. The number of nitrogens with zero attached hydrogens (tertiary/aromatic N) is 2. The van der Waals surface area contributed by atoms with Crippen LogP contribution in [0.25, 0.3) is 0 Å². The van der Waals surface area contributed by atoms with Gasteiger partial charge in [-0.05, 0) is 48.9 Å². The summed E-state index contributed by atoms with van der Waals surface area (Å²) in [6.07, 6.45) is 3.03. The van der Waals surface area contributed by atoms with Crippen LogP contribution in [-0.4, -0.2) is 40.4 Å². The van der Waals surface area contributed by atoms with Gasteiger partial charge in [-0.15, -0.1) is 0 Å². The first kappa shape index (κ1) is 22.5. The highest BCUT2D eigenvalue weighted by molar-refractivity contribution is 5.94. The lowest BCUT2D eigenvalue weighted by Crippen LogP contribution is -2.49. The van der Waals surface area contributed by atoms with Crippen LogP contribution in [0.1, 0.15) is 37.0 Å². The Morgan fingerprint density at radius 3 is 2.71 bits per heavy atom. The van der Waals surface area contributed by atoms with E-state index in [2.05, 4.69) is 19.2 Å². The average Bonchev–Trinajstić information content (AvgIpc) is 2.70. The van der Waals surface area contributed by atoms with Gasteiger partial charge in [-0.2, -0.15) is 0 Å². The lowest BCUT2D eigenvalue weighted by Gasteiger charge is -2.40. The van der Waals surface area contributed by atoms with E-state index in [1.807, 2.05) is 6.07 Å². The molecule has 2 heterocycles. The largest absolute Gasteiger partial charge is 0.382 e. The highest BCUT2D eigenvalue weighted by atomic mass is 19.1. The van der Waals surface area contributed by atoms with E-state index in [1.165, 1.54) is 30.5 Å². The third-order valence-corrected chi connectivity index (χ3v) is 5.53. The number of anilines is 1. The minimum atomic E-state index is -0.645. The molecule has 1 saturated heterocycles. The monoisotopic (exact) mass is 428 g/mol. The molecule has 0 aliphatic carbocycles. The van der Waals surface area contributed by atoms with E-state index < -0.39 is 5.91 Å². The molecule has 166 valence electrons. The van der Waals surface area contributed by atoms with Crippen LogP contribution in [0.15, 0.2) is 47.4 Å². The van der Waals surface area contributed by atoms with E-state index in [0.29, 0.717) is 24.6 Å². The quantitative estimate of drug-likeness (QED) is 0.708. The van der Waals surface area contributed by atoms with Gasteiger partial charge in [-0.3, -0.25) is 14.4 Å². The second-order valence-corrected chi connectivity index (χ2v) is 8.54. The Bertz CT molecular complexity index is 1000. The number of aromatic nitrogens is 1. The van der Waals surface area contributed by atoms with Crippen molar-refractivity contribution in [3.63, 3.8) is 0 Å². The second-order valence-electron chi connectivity index (χ2n) is 8.54. The smallest absolute Gasteiger partial charge is 0.255 e. The van der Waals surface area contributed by atoms with Gasteiger partial charge in [0, 0.05) is 37.1 Å². The standard InChI is InChI=1S/C23H29FN4O3/c1-15(2)10-17-13-27(9-8-20(17)26-19-5-3-4-18(24)11-19)23(31)16-6-7-22(30)28(12-16)14-21(25)29/h3-7,11-12,15,17,20,26H,8-10,13-14H2,1-2H3,(H2,25,29)/t17-,20+/m0/s1. The van der Waals surface area contributed by atoms with Crippen molar-refractivity contribution in [3.05, 3.63) is 64.3 Å². The number of carbonyl (C=O) groups excluding carboxylic acids is 2. The third kappa shape index (κ3) is 5.93. The van der Waals surface area contributed by atoms with Crippen molar-refractivity contribution in [3.8, 4) is 0 Å². The molecular weight excluding hydrogens is 399 g/mol. The van der Waals surface area contributed by atoms with Gasteiger partial charge in [-0.1, -0.05) is 19.9 Å². The zero-order valence-corrected chi connectivity index (χ0v) is 17.9. The Morgan fingerprint density at radius 1 is 1.26 bits per heavy atom. The molecule has 3 N–H and O–H groups in total. The fourth-order valence-corrected chi connectivity index (χ4v) is 4.18. The molecule has 1 aliphatic rings. The molecule has 1 aromatic carbocycles. The second kappa shape index (κ2) is 9.76. The van der Waals surface area contributed by atoms with Crippen LogP contribution in [0.5, 0.6) is 0 Å². The molecule has 2 amide bonds. The van der Waals surface area contributed by atoms with E-state index in [1.54, 1.807) is 11.0 Å². The lowest BCUT2D eigenvalue weighted by molar-refractivity contribution is -0.118. The number of likely N-dealkylation sites (tertiary alicyclic amines) is 1. The first-order valence-electron chi connectivity index (χ1n) is 10.5. The molecule has 8 heteroatoms. The van der Waals surface area contributed by atoms with Crippen LogP contribution in [0.2, 0.25) is 0 Å². The molecule has 1 aromatic heterocycles. The summed E-state index contributed by atoms with van der Waals surface area (Å²) in [7, 11) is 0. The van der Waals surface area contributed by atoms with Crippen molar-refractivity contribution < 1.29 is 14.0 Å². The Balaban J connectivity index is 1.76. The van der Waals surface area contributed by atoms with Crippen LogP contribution in [0.3, 0.4) is 0 Å². The van der Waals surface area contributed by atoms with Gasteiger partial charge < -0.3 is 20.5 Å². The number of benzene rings is 1. The van der Waals surface area contributed by atoms with Crippen molar-refractivity contribution in [2.45, 2.75) is 39.3 Å². The van der Waals surface area contributed by atoms with Gasteiger partial charge in [0.25, 0.3) is 11.5 Å². The molecule has 0 radical (unpaired) electrons. The molecule has 2 aromatic rings. The van der Waals surface area contributed by atoms with Crippen molar-refractivity contribution in [1.29, 1.82) is 0 Å². The van der Waals surface area contributed by atoms with Gasteiger partial charge in [0.15, 0.2) is 0 Å². The number of pyridine rings is 1. The summed E-state index contributed by atoms with van der Waals surface area (Å²) < 4.78 is 14.7. The molecule has 0 unspecified atom stereocenters. The molecule has 0 saturated carbocycles. The average molecular weight is 429 g/mol. The SMILES string of the molecule is CC(C)C[C@H]1CN(C(=O)c2ccc(=O)n(CC(N)=O)c2)CC[C@H]1Nc1cccc(F)c1. The molecule has 0 bridgehead atoms. The third-order valence-electron chi connectivity index (χ3n) is 5.53. The van der Waals surface area contributed by atoms with Crippen LogP contribution >= 0.6 is 0 Å². The van der Waals surface area contributed by atoms with Crippen molar-refractivity contribution >= 4 is 17.5 Å². The highest BCUT2D eigenvalue weighted by Gasteiger charge is 2.32. The number of hydrogen-bond donors (Lipinski definition) is 2.